The van der Waals surface area contributed by atoms with Gasteiger partial charge in [0, 0.05) is 37.2 Å². The van der Waals surface area contributed by atoms with Crippen molar-refractivity contribution in [2.24, 2.45) is 0 Å². The predicted molar refractivity (Wildman–Crippen MR) is 108 cm³/mol. The highest BCUT2D eigenvalue weighted by Crippen LogP contribution is 2.31. The first-order valence-corrected chi connectivity index (χ1v) is 9.28. The first kappa shape index (κ1) is 17.6. The molecular weight excluding hydrogens is 336 g/mol. The minimum absolute atomic E-state index is 0.0962. The highest BCUT2D eigenvalue weighted by atomic mass is 16.5. The molecule has 1 unspecified atom stereocenters. The van der Waals surface area contributed by atoms with Gasteiger partial charge in [0.2, 0.25) is 0 Å². The van der Waals surface area contributed by atoms with Crippen molar-refractivity contribution >= 4 is 5.69 Å². The summed E-state index contributed by atoms with van der Waals surface area (Å²) < 4.78 is 11.5. The van der Waals surface area contributed by atoms with Crippen molar-refractivity contribution in [1.82, 2.24) is 4.98 Å². The Morgan fingerprint density at radius 2 is 1.89 bits per heavy atom. The van der Waals surface area contributed by atoms with Gasteiger partial charge >= 0.3 is 0 Å². The molecule has 4 rings (SSSR count). The minimum atomic E-state index is 0.0962. The summed E-state index contributed by atoms with van der Waals surface area (Å²) in [4.78, 5) is 6.48. The second-order valence-electron chi connectivity index (χ2n) is 6.79. The average molecular weight is 360 g/mol. The molecule has 0 bridgehead atoms. The van der Waals surface area contributed by atoms with E-state index in [9.17, 15) is 0 Å². The summed E-state index contributed by atoms with van der Waals surface area (Å²) in [5, 5.41) is 0. The predicted octanol–water partition coefficient (Wildman–Crippen LogP) is 4.86. The van der Waals surface area contributed by atoms with E-state index in [1.54, 1.807) is 7.11 Å². The second-order valence-corrected chi connectivity index (χ2v) is 6.79. The molecule has 1 aliphatic rings. The van der Waals surface area contributed by atoms with Gasteiger partial charge in [-0.1, -0.05) is 18.2 Å². The molecule has 0 fully saturated rings. The van der Waals surface area contributed by atoms with Gasteiger partial charge in [-0.15, -0.1) is 0 Å². The third-order valence-corrected chi connectivity index (χ3v) is 5.10. The van der Waals surface area contributed by atoms with Gasteiger partial charge in [-0.2, -0.15) is 0 Å². The maximum atomic E-state index is 6.08. The Morgan fingerprint density at radius 3 is 2.70 bits per heavy atom. The Labute approximate surface area is 160 Å². The summed E-state index contributed by atoms with van der Waals surface area (Å²) in [5.74, 6) is 0.870. The van der Waals surface area contributed by atoms with E-state index in [0.29, 0.717) is 6.61 Å². The average Bonchev–Trinajstić information content (AvgIpc) is 2.72. The summed E-state index contributed by atoms with van der Waals surface area (Å²) in [6, 6.07) is 19.0. The van der Waals surface area contributed by atoms with Gasteiger partial charge in [0.15, 0.2) is 0 Å². The molecule has 4 heteroatoms. The van der Waals surface area contributed by atoms with Gasteiger partial charge < -0.3 is 14.4 Å². The van der Waals surface area contributed by atoms with Crippen LogP contribution >= 0.6 is 0 Å². The van der Waals surface area contributed by atoms with E-state index in [1.807, 2.05) is 36.7 Å². The van der Waals surface area contributed by atoms with E-state index in [1.165, 1.54) is 22.3 Å². The lowest BCUT2D eigenvalue weighted by Crippen LogP contribution is -2.30. The first-order valence-electron chi connectivity index (χ1n) is 9.28. The van der Waals surface area contributed by atoms with Crippen molar-refractivity contribution in [1.29, 1.82) is 0 Å². The summed E-state index contributed by atoms with van der Waals surface area (Å²) in [5.41, 5.74) is 6.07. The minimum Gasteiger partial charge on any atom is -0.497 e. The van der Waals surface area contributed by atoms with Gasteiger partial charge in [0.25, 0.3) is 0 Å². The molecule has 138 valence electrons. The summed E-state index contributed by atoms with van der Waals surface area (Å²) in [6.45, 7) is 4.52. The van der Waals surface area contributed by atoms with Crippen LogP contribution < -0.4 is 9.64 Å². The molecule has 0 spiro atoms. The first-order chi connectivity index (χ1) is 13.2. The smallest absolute Gasteiger partial charge is 0.120 e. The van der Waals surface area contributed by atoms with Crippen molar-refractivity contribution in [2.75, 3.05) is 25.2 Å². The molecular formula is C23H24N2O2. The van der Waals surface area contributed by atoms with Crippen molar-refractivity contribution in [3.63, 3.8) is 0 Å². The molecule has 0 saturated carbocycles. The highest BCUT2D eigenvalue weighted by Gasteiger charge is 2.19. The van der Waals surface area contributed by atoms with E-state index in [0.717, 1.165) is 24.5 Å². The van der Waals surface area contributed by atoms with Crippen LogP contribution in [0.1, 0.15) is 24.2 Å². The molecule has 0 aliphatic carbocycles. The number of pyridine rings is 1. The number of aromatic nitrogens is 1. The highest BCUT2D eigenvalue weighted by molar-refractivity contribution is 5.65. The molecule has 1 atom stereocenters. The number of ether oxygens (including phenoxy) is 2. The summed E-state index contributed by atoms with van der Waals surface area (Å²) in [7, 11) is 1.70. The van der Waals surface area contributed by atoms with Crippen LogP contribution in [0, 0.1) is 0 Å². The van der Waals surface area contributed by atoms with Crippen LogP contribution in [0.5, 0.6) is 5.75 Å². The molecule has 1 aliphatic heterocycles. The molecule has 0 saturated heterocycles. The van der Waals surface area contributed by atoms with Crippen LogP contribution in [0.3, 0.4) is 0 Å². The van der Waals surface area contributed by atoms with E-state index >= 15 is 0 Å². The third kappa shape index (κ3) is 3.81. The van der Waals surface area contributed by atoms with Gasteiger partial charge in [-0.05, 0) is 59.5 Å². The van der Waals surface area contributed by atoms with Crippen molar-refractivity contribution in [2.45, 2.75) is 19.6 Å². The molecule has 4 nitrogen and oxygen atoms in total. The molecule has 0 N–H and O–H groups in total. The number of rotatable bonds is 3. The standard InChI is InChI=1S/C23H24N2O2/c1-17-23-7-6-19(18-8-10-24-11-9-18)14-20(23)16-25(12-13-27-17)21-4-3-5-22(15-21)26-2/h3-11,14-15,17H,12-13,16H2,1-2H3. The Hall–Kier alpha value is -2.85. The van der Waals surface area contributed by atoms with Crippen LogP contribution in [-0.4, -0.2) is 25.2 Å². The van der Waals surface area contributed by atoms with Crippen LogP contribution in [-0.2, 0) is 11.3 Å². The Bertz CT molecular complexity index is 911. The normalized spacial score (nSPS) is 17.0. The zero-order chi connectivity index (χ0) is 18.6. The molecule has 0 radical (unpaired) electrons. The Kier molecular flexibility index (Phi) is 5.07. The largest absolute Gasteiger partial charge is 0.497 e. The van der Waals surface area contributed by atoms with E-state index in [2.05, 4.69) is 47.1 Å². The fraction of sp³-hybridized carbons (Fsp3) is 0.261. The number of methoxy groups -OCH3 is 1. The molecule has 2 heterocycles. The van der Waals surface area contributed by atoms with Crippen molar-refractivity contribution in [3.05, 3.63) is 78.1 Å². The number of benzene rings is 2. The van der Waals surface area contributed by atoms with Crippen LogP contribution in [0.15, 0.2) is 67.0 Å². The fourth-order valence-corrected chi connectivity index (χ4v) is 3.60. The lowest BCUT2D eigenvalue weighted by molar-refractivity contribution is 0.0673. The number of nitrogens with zero attached hydrogens (tertiary/aromatic N) is 2. The number of hydrogen-bond acceptors (Lipinski definition) is 4. The molecule has 0 amide bonds. The van der Waals surface area contributed by atoms with Gasteiger partial charge in [-0.25, -0.2) is 0 Å². The fourth-order valence-electron chi connectivity index (χ4n) is 3.60. The quantitative estimate of drug-likeness (QED) is 0.668. The summed E-state index contributed by atoms with van der Waals surface area (Å²) in [6.07, 6.45) is 3.76. The molecule has 2 aromatic carbocycles. The van der Waals surface area contributed by atoms with Crippen LogP contribution in [0.2, 0.25) is 0 Å². The monoisotopic (exact) mass is 360 g/mol. The van der Waals surface area contributed by atoms with Crippen molar-refractivity contribution < 1.29 is 9.47 Å². The SMILES string of the molecule is COc1cccc(N2CCOC(C)c3ccc(-c4ccncc4)cc3C2)c1. The number of hydrogen-bond donors (Lipinski definition) is 0. The Balaban J connectivity index is 1.72. The van der Waals surface area contributed by atoms with E-state index in [-0.39, 0.29) is 6.10 Å². The molecule has 3 aromatic rings. The topological polar surface area (TPSA) is 34.6 Å². The van der Waals surface area contributed by atoms with Gasteiger partial charge in [-0.3, -0.25) is 4.98 Å². The number of fused-ring (bicyclic) bond motifs is 1. The lowest BCUT2D eigenvalue weighted by atomic mass is 9.96. The molecule has 1 aromatic heterocycles. The summed E-state index contributed by atoms with van der Waals surface area (Å²) >= 11 is 0. The van der Waals surface area contributed by atoms with Gasteiger partial charge in [0.05, 0.1) is 19.8 Å². The zero-order valence-electron chi connectivity index (χ0n) is 15.8. The maximum absolute atomic E-state index is 6.08. The van der Waals surface area contributed by atoms with Crippen LogP contribution in [0.25, 0.3) is 11.1 Å². The van der Waals surface area contributed by atoms with E-state index < -0.39 is 0 Å². The van der Waals surface area contributed by atoms with E-state index in [4.69, 9.17) is 9.47 Å². The molecule has 27 heavy (non-hydrogen) atoms. The third-order valence-electron chi connectivity index (χ3n) is 5.10. The zero-order valence-corrected chi connectivity index (χ0v) is 15.8. The van der Waals surface area contributed by atoms with Gasteiger partial charge in [0.1, 0.15) is 5.75 Å². The maximum Gasteiger partial charge on any atom is 0.120 e. The lowest BCUT2D eigenvalue weighted by Gasteiger charge is -2.31. The number of anilines is 1. The Morgan fingerprint density at radius 1 is 1.04 bits per heavy atom. The second kappa shape index (κ2) is 7.80. The van der Waals surface area contributed by atoms with Crippen LogP contribution in [0.4, 0.5) is 5.69 Å². The van der Waals surface area contributed by atoms with Crippen molar-refractivity contribution in [3.8, 4) is 16.9 Å².